The zero-order valence-electron chi connectivity index (χ0n) is 4.40. The summed E-state index contributed by atoms with van der Waals surface area (Å²) in [5, 5.41) is 3.00. The zero-order valence-corrected chi connectivity index (χ0v) is 4.40. The number of nitrogens with two attached hydrogens (primary N) is 1. The van der Waals surface area contributed by atoms with Gasteiger partial charge in [-0.1, -0.05) is 0 Å². The van der Waals surface area contributed by atoms with Gasteiger partial charge >= 0.3 is 0 Å². The topological polar surface area (TPSA) is 47.3 Å². The summed E-state index contributed by atoms with van der Waals surface area (Å²) in [6.07, 6.45) is 0. The molecule has 3 heteroatoms. The van der Waals surface area contributed by atoms with Crippen molar-refractivity contribution in [3.8, 4) is 0 Å². The molecule has 1 saturated heterocycles. The van der Waals surface area contributed by atoms with Crippen LogP contribution in [0.1, 0.15) is 0 Å². The van der Waals surface area contributed by atoms with Crippen molar-refractivity contribution in [2.45, 2.75) is 5.72 Å². The first kappa shape index (κ1) is 5.03. The van der Waals surface area contributed by atoms with Crippen LogP contribution in [0.2, 0.25) is 0 Å². The highest BCUT2D eigenvalue weighted by atomic mass is 16.5. The Balaban J connectivity index is 2.29. The van der Waals surface area contributed by atoms with Gasteiger partial charge in [-0.3, -0.25) is 0 Å². The van der Waals surface area contributed by atoms with E-state index in [0.29, 0.717) is 0 Å². The fourth-order valence-electron chi connectivity index (χ4n) is 0.516. The number of nitrogens with one attached hydrogen (secondary N) is 1. The van der Waals surface area contributed by atoms with Crippen LogP contribution in [0.15, 0.2) is 0 Å². The molecule has 1 fully saturated rings. The molecule has 0 atom stereocenters. The maximum absolute atomic E-state index is 5.52. The van der Waals surface area contributed by atoms with Gasteiger partial charge in [-0.15, -0.1) is 0 Å². The third kappa shape index (κ3) is 0.748. The molecule has 7 heavy (non-hydrogen) atoms. The lowest BCUT2D eigenvalue weighted by molar-refractivity contribution is -0.0455. The zero-order chi connectivity index (χ0) is 5.33. The third-order valence-electron chi connectivity index (χ3n) is 1.25. The lowest BCUT2D eigenvalue weighted by Gasteiger charge is -2.37. The molecule has 42 valence electrons. The van der Waals surface area contributed by atoms with Crippen molar-refractivity contribution < 1.29 is 4.74 Å². The first-order valence-corrected chi connectivity index (χ1v) is 2.32. The van der Waals surface area contributed by atoms with Crippen LogP contribution in [0.3, 0.4) is 0 Å². The van der Waals surface area contributed by atoms with Gasteiger partial charge < -0.3 is 15.8 Å². The number of hydrogen-bond acceptors (Lipinski definition) is 3. The first-order valence-electron chi connectivity index (χ1n) is 2.32. The molecular formula is C4H10N2O. The van der Waals surface area contributed by atoms with Gasteiger partial charge in [0.05, 0.1) is 0 Å². The molecule has 0 aromatic carbocycles. The highest BCUT2D eigenvalue weighted by molar-refractivity contribution is 4.87. The van der Waals surface area contributed by atoms with E-state index in [4.69, 9.17) is 10.5 Å². The lowest BCUT2D eigenvalue weighted by atomic mass is 10.1. The van der Waals surface area contributed by atoms with Gasteiger partial charge in [-0.2, -0.15) is 0 Å². The number of methoxy groups -OCH3 is 1. The summed E-state index contributed by atoms with van der Waals surface area (Å²) in [6.45, 7) is 1.56. The van der Waals surface area contributed by atoms with Gasteiger partial charge in [0.2, 0.25) is 0 Å². The van der Waals surface area contributed by atoms with Crippen molar-refractivity contribution in [2.75, 3.05) is 20.2 Å². The summed E-state index contributed by atoms with van der Waals surface area (Å²) in [7, 11) is 1.63. The summed E-state index contributed by atoms with van der Waals surface area (Å²) < 4.78 is 4.89. The van der Waals surface area contributed by atoms with E-state index >= 15 is 0 Å². The molecule has 0 aromatic heterocycles. The van der Waals surface area contributed by atoms with Crippen LogP contribution in [0, 0.1) is 0 Å². The largest absolute Gasteiger partial charge is 0.361 e. The van der Waals surface area contributed by atoms with Crippen LogP contribution >= 0.6 is 0 Å². The Kier molecular flexibility index (Phi) is 1.03. The first-order chi connectivity index (χ1) is 3.27. The Morgan fingerprint density at radius 3 is 2.29 bits per heavy atom. The Labute approximate surface area is 42.8 Å². The second-order valence-electron chi connectivity index (χ2n) is 1.87. The summed E-state index contributed by atoms with van der Waals surface area (Å²) in [6, 6.07) is 0. The van der Waals surface area contributed by atoms with Crippen molar-refractivity contribution >= 4 is 0 Å². The normalized spacial score (nSPS) is 26.6. The molecule has 0 unspecified atom stereocenters. The monoisotopic (exact) mass is 102 g/mol. The molecular weight excluding hydrogens is 92.1 g/mol. The minimum atomic E-state index is -0.347. The molecule has 0 spiro atoms. The van der Waals surface area contributed by atoms with E-state index in [1.165, 1.54) is 0 Å². The molecule has 1 rings (SSSR count). The fourth-order valence-corrected chi connectivity index (χ4v) is 0.516. The lowest BCUT2D eigenvalue weighted by Crippen LogP contribution is -2.66. The predicted octanol–water partition coefficient (Wildman–Crippen LogP) is -1.11. The van der Waals surface area contributed by atoms with Gasteiger partial charge in [0.15, 0.2) is 0 Å². The van der Waals surface area contributed by atoms with Crippen molar-refractivity contribution in [1.29, 1.82) is 0 Å². The summed E-state index contributed by atoms with van der Waals surface area (Å²) >= 11 is 0. The van der Waals surface area contributed by atoms with Crippen LogP contribution in [0.5, 0.6) is 0 Å². The van der Waals surface area contributed by atoms with E-state index in [2.05, 4.69) is 5.32 Å². The van der Waals surface area contributed by atoms with Gasteiger partial charge in [0, 0.05) is 20.2 Å². The van der Waals surface area contributed by atoms with Crippen LogP contribution in [-0.2, 0) is 4.74 Å². The highest BCUT2D eigenvalue weighted by Crippen LogP contribution is 2.04. The van der Waals surface area contributed by atoms with Gasteiger partial charge in [-0.25, -0.2) is 0 Å². The maximum Gasteiger partial charge on any atom is 0.141 e. The van der Waals surface area contributed by atoms with Crippen LogP contribution in [-0.4, -0.2) is 25.9 Å². The summed E-state index contributed by atoms with van der Waals surface area (Å²) in [4.78, 5) is 0. The van der Waals surface area contributed by atoms with Crippen molar-refractivity contribution in [1.82, 2.24) is 5.32 Å². The second-order valence-corrected chi connectivity index (χ2v) is 1.87. The number of rotatable bonds is 1. The highest BCUT2D eigenvalue weighted by Gasteiger charge is 2.31. The van der Waals surface area contributed by atoms with E-state index in [-0.39, 0.29) is 5.72 Å². The quantitative estimate of drug-likeness (QED) is 0.413. The average molecular weight is 102 g/mol. The number of hydrogen-bond donors (Lipinski definition) is 2. The predicted molar refractivity (Wildman–Crippen MR) is 26.8 cm³/mol. The van der Waals surface area contributed by atoms with Crippen molar-refractivity contribution in [3.63, 3.8) is 0 Å². The van der Waals surface area contributed by atoms with E-state index in [0.717, 1.165) is 13.1 Å². The molecule has 0 aromatic rings. The van der Waals surface area contributed by atoms with Crippen molar-refractivity contribution in [3.05, 3.63) is 0 Å². The summed E-state index contributed by atoms with van der Waals surface area (Å²) in [5.74, 6) is 0. The van der Waals surface area contributed by atoms with Crippen LogP contribution in [0.4, 0.5) is 0 Å². The number of ether oxygens (including phenoxy) is 1. The molecule has 3 N–H and O–H groups in total. The minimum absolute atomic E-state index is 0.347. The molecule has 1 aliphatic heterocycles. The van der Waals surface area contributed by atoms with E-state index in [1.54, 1.807) is 7.11 Å². The fraction of sp³-hybridized carbons (Fsp3) is 1.00. The van der Waals surface area contributed by atoms with Crippen LogP contribution in [0.25, 0.3) is 0 Å². The molecule has 0 saturated carbocycles. The maximum atomic E-state index is 5.52. The van der Waals surface area contributed by atoms with E-state index in [9.17, 15) is 0 Å². The Morgan fingerprint density at radius 2 is 2.29 bits per heavy atom. The Hall–Kier alpha value is -0.120. The van der Waals surface area contributed by atoms with Gasteiger partial charge in [0.1, 0.15) is 5.72 Å². The molecule has 3 nitrogen and oxygen atoms in total. The molecule has 0 aliphatic carbocycles. The Morgan fingerprint density at radius 1 is 1.71 bits per heavy atom. The van der Waals surface area contributed by atoms with Gasteiger partial charge in [0.25, 0.3) is 0 Å². The third-order valence-corrected chi connectivity index (χ3v) is 1.25. The molecule has 0 amide bonds. The second kappa shape index (κ2) is 1.43. The smallest absolute Gasteiger partial charge is 0.141 e. The Bertz CT molecular complexity index is 64.6. The van der Waals surface area contributed by atoms with Crippen LogP contribution < -0.4 is 11.1 Å². The summed E-state index contributed by atoms with van der Waals surface area (Å²) in [5.41, 5.74) is 5.17. The molecule has 1 aliphatic rings. The van der Waals surface area contributed by atoms with Crippen molar-refractivity contribution in [2.24, 2.45) is 5.73 Å². The standard InChI is InChI=1S/C4H10N2O/c1-7-4(5)2-6-3-4/h6H,2-3,5H2,1H3. The average Bonchev–Trinajstić information content (AvgIpc) is 1.61. The van der Waals surface area contributed by atoms with E-state index < -0.39 is 0 Å². The molecule has 0 radical (unpaired) electrons. The molecule has 1 heterocycles. The van der Waals surface area contributed by atoms with E-state index in [1.807, 2.05) is 0 Å². The SMILES string of the molecule is COC1(N)CNC1. The minimum Gasteiger partial charge on any atom is -0.361 e. The molecule has 0 bridgehead atoms. The van der Waals surface area contributed by atoms with Gasteiger partial charge in [-0.05, 0) is 0 Å².